The molecule has 0 spiro atoms. The number of fused-ring (bicyclic) bond motifs is 1. The van der Waals surface area contributed by atoms with Gasteiger partial charge < -0.3 is 9.72 Å². The number of benzene rings is 1. The summed E-state index contributed by atoms with van der Waals surface area (Å²) in [6.45, 7) is 0. The Kier molecular flexibility index (Phi) is 2.56. The number of allylic oxidation sites excluding steroid dienone is 2. The largest absolute Gasteiger partial charge is 0.492 e. The van der Waals surface area contributed by atoms with Crippen molar-refractivity contribution in [2.24, 2.45) is 0 Å². The number of H-pyrrole nitrogens is 1. The van der Waals surface area contributed by atoms with Crippen LogP contribution in [0.1, 0.15) is 20.8 Å². The number of carbonyl (C=O) groups excluding carboxylic acids is 2. The molecule has 2 aromatic rings. The molecular weight excluding hydrogens is 242 g/mol. The topological polar surface area (TPSA) is 59.2 Å². The van der Waals surface area contributed by atoms with E-state index in [2.05, 4.69) is 4.98 Å². The highest BCUT2D eigenvalue weighted by Gasteiger charge is 2.30. The highest BCUT2D eigenvalue weighted by molar-refractivity contribution is 6.25. The van der Waals surface area contributed by atoms with E-state index in [4.69, 9.17) is 4.74 Å². The molecule has 1 aromatic carbocycles. The standard InChI is InChI=1S/C15H11NO3/c1-19-12-7-11(17)13-10(8-16-14(13)15(12)18)9-5-3-2-4-6-9/h2-8,16H,1H3. The predicted octanol–water partition coefficient (Wildman–Crippen LogP) is 2.59. The molecule has 1 aliphatic rings. The van der Waals surface area contributed by atoms with Crippen molar-refractivity contribution in [3.8, 4) is 11.1 Å². The van der Waals surface area contributed by atoms with Gasteiger partial charge in [-0.1, -0.05) is 30.3 Å². The van der Waals surface area contributed by atoms with Gasteiger partial charge in [0.25, 0.3) is 0 Å². The zero-order chi connectivity index (χ0) is 13.4. The molecule has 1 aliphatic carbocycles. The number of methoxy groups -OCH3 is 1. The van der Waals surface area contributed by atoms with Gasteiger partial charge in [0.1, 0.15) is 5.69 Å². The molecule has 0 saturated heterocycles. The maximum Gasteiger partial charge on any atom is 0.244 e. The zero-order valence-electron chi connectivity index (χ0n) is 10.3. The van der Waals surface area contributed by atoms with Gasteiger partial charge in [-0.2, -0.15) is 0 Å². The van der Waals surface area contributed by atoms with Crippen LogP contribution in [0.15, 0.2) is 48.4 Å². The Labute approximate surface area is 109 Å². The van der Waals surface area contributed by atoms with Crippen molar-refractivity contribution in [2.45, 2.75) is 0 Å². The lowest BCUT2D eigenvalue weighted by Gasteiger charge is -2.11. The number of rotatable bonds is 2. The number of aromatic amines is 1. The van der Waals surface area contributed by atoms with Crippen LogP contribution in [0.25, 0.3) is 11.1 Å². The van der Waals surface area contributed by atoms with Crippen molar-refractivity contribution in [1.29, 1.82) is 0 Å². The fourth-order valence-electron chi connectivity index (χ4n) is 2.24. The lowest BCUT2D eigenvalue weighted by Crippen LogP contribution is -2.17. The number of ether oxygens (including phenoxy) is 1. The zero-order valence-corrected chi connectivity index (χ0v) is 10.3. The van der Waals surface area contributed by atoms with Gasteiger partial charge >= 0.3 is 0 Å². The third-order valence-electron chi connectivity index (χ3n) is 3.14. The third kappa shape index (κ3) is 1.69. The Morgan fingerprint density at radius 3 is 2.53 bits per heavy atom. The average molecular weight is 253 g/mol. The quantitative estimate of drug-likeness (QED) is 0.894. The maximum atomic E-state index is 12.1. The smallest absolute Gasteiger partial charge is 0.244 e. The van der Waals surface area contributed by atoms with Crippen LogP contribution in [0.5, 0.6) is 0 Å². The van der Waals surface area contributed by atoms with Gasteiger partial charge in [0.05, 0.1) is 12.7 Å². The predicted molar refractivity (Wildman–Crippen MR) is 70.0 cm³/mol. The van der Waals surface area contributed by atoms with Crippen LogP contribution in [-0.4, -0.2) is 23.7 Å². The second-order valence-corrected chi connectivity index (χ2v) is 4.22. The van der Waals surface area contributed by atoms with Crippen LogP contribution in [0.4, 0.5) is 0 Å². The van der Waals surface area contributed by atoms with Gasteiger partial charge in [0.15, 0.2) is 11.5 Å². The number of hydrogen-bond donors (Lipinski definition) is 1. The average Bonchev–Trinajstić information content (AvgIpc) is 2.89. The first-order chi connectivity index (χ1) is 9.22. The Balaban J connectivity index is 2.18. The number of Topliss-reactive ketones (excluding diaryl/α,β-unsaturated/α-hetero) is 1. The third-order valence-corrected chi connectivity index (χ3v) is 3.14. The second-order valence-electron chi connectivity index (χ2n) is 4.22. The van der Waals surface area contributed by atoms with Gasteiger partial charge in [-0.25, -0.2) is 0 Å². The fraction of sp³-hybridized carbons (Fsp3) is 0.0667. The highest BCUT2D eigenvalue weighted by atomic mass is 16.5. The van der Waals surface area contributed by atoms with Gasteiger partial charge in [0.2, 0.25) is 5.78 Å². The van der Waals surface area contributed by atoms with Crippen molar-refractivity contribution in [2.75, 3.05) is 7.11 Å². The van der Waals surface area contributed by atoms with Gasteiger partial charge in [-0.05, 0) is 5.56 Å². The summed E-state index contributed by atoms with van der Waals surface area (Å²) in [4.78, 5) is 27.1. The van der Waals surface area contributed by atoms with E-state index >= 15 is 0 Å². The van der Waals surface area contributed by atoms with Gasteiger partial charge in [-0.15, -0.1) is 0 Å². The summed E-state index contributed by atoms with van der Waals surface area (Å²) >= 11 is 0. The summed E-state index contributed by atoms with van der Waals surface area (Å²) in [5, 5.41) is 0. The molecule has 94 valence electrons. The number of hydrogen-bond acceptors (Lipinski definition) is 3. The monoisotopic (exact) mass is 253 g/mol. The molecule has 0 unspecified atom stereocenters. The number of aromatic nitrogens is 1. The Morgan fingerprint density at radius 1 is 1.11 bits per heavy atom. The van der Waals surface area contributed by atoms with Crippen LogP contribution in [0, 0.1) is 0 Å². The highest BCUT2D eigenvalue weighted by Crippen LogP contribution is 2.31. The van der Waals surface area contributed by atoms with Crippen molar-refractivity contribution >= 4 is 11.6 Å². The molecule has 0 radical (unpaired) electrons. The SMILES string of the molecule is COC1=CC(=O)c2c(-c3ccccc3)c[nH]c2C1=O. The van der Waals surface area contributed by atoms with Crippen molar-refractivity contribution < 1.29 is 14.3 Å². The van der Waals surface area contributed by atoms with Gasteiger partial charge in [-0.3, -0.25) is 9.59 Å². The summed E-state index contributed by atoms with van der Waals surface area (Å²) in [6, 6.07) is 9.48. The van der Waals surface area contributed by atoms with E-state index in [1.807, 2.05) is 30.3 Å². The molecular formula is C15H11NO3. The van der Waals surface area contributed by atoms with E-state index < -0.39 is 0 Å². The molecule has 4 nitrogen and oxygen atoms in total. The van der Waals surface area contributed by atoms with E-state index in [9.17, 15) is 9.59 Å². The van der Waals surface area contributed by atoms with Crippen LogP contribution in [0.3, 0.4) is 0 Å². The summed E-state index contributed by atoms with van der Waals surface area (Å²) in [6.07, 6.45) is 2.92. The van der Waals surface area contributed by atoms with E-state index in [-0.39, 0.29) is 17.3 Å². The number of ketones is 2. The molecule has 4 heteroatoms. The Morgan fingerprint density at radius 2 is 1.84 bits per heavy atom. The maximum absolute atomic E-state index is 12.1. The summed E-state index contributed by atoms with van der Waals surface area (Å²) < 4.78 is 4.92. The molecule has 3 rings (SSSR count). The van der Waals surface area contributed by atoms with Crippen LogP contribution in [0.2, 0.25) is 0 Å². The molecule has 1 heterocycles. The minimum absolute atomic E-state index is 0.0685. The first kappa shape index (κ1) is 11.5. The second kappa shape index (κ2) is 4.24. The molecule has 0 atom stereocenters. The molecule has 0 saturated carbocycles. The van der Waals surface area contributed by atoms with Crippen molar-refractivity contribution in [3.63, 3.8) is 0 Å². The van der Waals surface area contributed by atoms with Crippen molar-refractivity contribution in [1.82, 2.24) is 4.98 Å². The van der Waals surface area contributed by atoms with Crippen LogP contribution >= 0.6 is 0 Å². The molecule has 19 heavy (non-hydrogen) atoms. The Bertz CT molecular complexity index is 695. The lowest BCUT2D eigenvalue weighted by atomic mass is 9.94. The number of carbonyl (C=O) groups is 2. The normalized spacial score (nSPS) is 14.1. The van der Waals surface area contributed by atoms with Crippen LogP contribution in [-0.2, 0) is 4.74 Å². The first-order valence-electron chi connectivity index (χ1n) is 5.84. The molecule has 0 bridgehead atoms. The molecule has 0 fully saturated rings. The molecule has 1 N–H and O–H groups in total. The minimum Gasteiger partial charge on any atom is -0.492 e. The molecule has 0 aliphatic heterocycles. The fourth-order valence-corrected chi connectivity index (χ4v) is 2.24. The molecule has 1 aromatic heterocycles. The van der Waals surface area contributed by atoms with E-state index in [1.54, 1.807) is 6.20 Å². The van der Waals surface area contributed by atoms with E-state index in [0.29, 0.717) is 11.3 Å². The van der Waals surface area contributed by atoms with Crippen LogP contribution < -0.4 is 0 Å². The van der Waals surface area contributed by atoms with Crippen molar-refractivity contribution in [3.05, 3.63) is 59.6 Å². The summed E-state index contributed by atoms with van der Waals surface area (Å²) in [7, 11) is 1.38. The minimum atomic E-state index is -0.292. The number of nitrogens with one attached hydrogen (secondary N) is 1. The van der Waals surface area contributed by atoms with E-state index in [1.165, 1.54) is 13.2 Å². The molecule has 0 amide bonds. The van der Waals surface area contributed by atoms with Gasteiger partial charge in [0, 0.05) is 17.8 Å². The summed E-state index contributed by atoms with van der Waals surface area (Å²) in [5.41, 5.74) is 2.34. The lowest BCUT2D eigenvalue weighted by molar-refractivity contribution is 0.0913. The van der Waals surface area contributed by atoms with E-state index in [0.717, 1.165) is 11.1 Å². The Hall–Kier alpha value is -2.62. The first-order valence-corrected chi connectivity index (χ1v) is 5.84. The summed E-state index contributed by atoms with van der Waals surface area (Å²) in [5.74, 6) is -0.440.